The van der Waals surface area contributed by atoms with Crippen molar-refractivity contribution in [3.05, 3.63) is 0 Å². The molecule has 80 valence electrons. The Balaban J connectivity index is 1.94. The summed E-state index contributed by atoms with van der Waals surface area (Å²) in [7, 11) is 0. The summed E-state index contributed by atoms with van der Waals surface area (Å²) >= 11 is 0. The van der Waals surface area contributed by atoms with Crippen LogP contribution in [-0.4, -0.2) is 35.1 Å². The Bertz CT molecular complexity index is 250. The smallest absolute Gasteiger partial charge is 0.308 e. The van der Waals surface area contributed by atoms with E-state index in [1.165, 1.54) is 6.42 Å². The maximum atomic E-state index is 10.9. The fourth-order valence-corrected chi connectivity index (χ4v) is 2.64. The van der Waals surface area contributed by atoms with Crippen LogP contribution in [0.3, 0.4) is 0 Å². The van der Waals surface area contributed by atoms with Crippen LogP contribution in [0.5, 0.6) is 0 Å². The van der Waals surface area contributed by atoms with Gasteiger partial charge < -0.3 is 5.11 Å². The molecule has 0 aromatic carbocycles. The van der Waals surface area contributed by atoms with E-state index in [0.29, 0.717) is 11.5 Å². The van der Waals surface area contributed by atoms with E-state index in [4.69, 9.17) is 5.11 Å². The fourth-order valence-electron chi connectivity index (χ4n) is 2.64. The molecule has 2 unspecified atom stereocenters. The summed E-state index contributed by atoms with van der Waals surface area (Å²) in [6.45, 7) is 6.69. The summed E-state index contributed by atoms with van der Waals surface area (Å²) in [5, 5.41) is 8.97. The highest BCUT2D eigenvalue weighted by Crippen LogP contribution is 2.38. The molecule has 0 aromatic heterocycles. The van der Waals surface area contributed by atoms with Crippen molar-refractivity contribution in [3.8, 4) is 0 Å². The van der Waals surface area contributed by atoms with Crippen molar-refractivity contribution in [2.24, 2.45) is 11.3 Å². The van der Waals surface area contributed by atoms with Gasteiger partial charge in [0.05, 0.1) is 5.92 Å². The third-order valence-corrected chi connectivity index (χ3v) is 3.73. The first-order valence-electron chi connectivity index (χ1n) is 5.46. The summed E-state index contributed by atoms with van der Waals surface area (Å²) in [6, 6.07) is 0.328. The lowest BCUT2D eigenvalue weighted by Gasteiger charge is -2.40. The van der Waals surface area contributed by atoms with Crippen LogP contribution >= 0.6 is 0 Å². The molecule has 0 spiro atoms. The van der Waals surface area contributed by atoms with Gasteiger partial charge in [-0.2, -0.15) is 0 Å². The average Bonchev–Trinajstić information content (AvgIpc) is 2.26. The number of hydrogen-bond acceptors (Lipinski definition) is 2. The fraction of sp³-hybridized carbons (Fsp3) is 0.909. The van der Waals surface area contributed by atoms with Crippen molar-refractivity contribution in [2.75, 3.05) is 13.1 Å². The van der Waals surface area contributed by atoms with Crippen molar-refractivity contribution in [2.45, 2.75) is 39.2 Å². The molecule has 3 nitrogen and oxygen atoms in total. The first-order chi connectivity index (χ1) is 6.49. The van der Waals surface area contributed by atoms with Crippen LogP contribution in [0, 0.1) is 11.3 Å². The molecule has 3 heteroatoms. The summed E-state index contributed by atoms with van der Waals surface area (Å²) in [5.41, 5.74) is 0.388. The molecule has 0 bridgehead atoms. The first-order valence-corrected chi connectivity index (χ1v) is 5.46. The number of aliphatic carboxylic acids is 1. The molecule has 1 aliphatic heterocycles. The number of carbonyl (C=O) groups is 1. The Kier molecular flexibility index (Phi) is 2.30. The highest BCUT2D eigenvalue weighted by atomic mass is 16.4. The Morgan fingerprint density at radius 1 is 1.43 bits per heavy atom. The second-order valence-electron chi connectivity index (χ2n) is 5.47. The van der Waals surface area contributed by atoms with Crippen LogP contribution in [0.1, 0.15) is 33.1 Å². The maximum Gasteiger partial charge on any atom is 0.308 e. The van der Waals surface area contributed by atoms with E-state index >= 15 is 0 Å². The van der Waals surface area contributed by atoms with Gasteiger partial charge >= 0.3 is 5.97 Å². The van der Waals surface area contributed by atoms with Gasteiger partial charge in [-0.15, -0.1) is 0 Å². The van der Waals surface area contributed by atoms with Gasteiger partial charge in [0.15, 0.2) is 0 Å². The van der Waals surface area contributed by atoms with Gasteiger partial charge in [-0.3, -0.25) is 9.69 Å². The highest BCUT2D eigenvalue weighted by molar-refractivity contribution is 5.72. The molecular weight excluding hydrogens is 178 g/mol. The number of likely N-dealkylation sites (tertiary alicyclic amines) is 1. The molecule has 0 amide bonds. The Hall–Kier alpha value is -0.570. The van der Waals surface area contributed by atoms with E-state index < -0.39 is 5.97 Å². The quantitative estimate of drug-likeness (QED) is 0.730. The number of hydrogen-bond donors (Lipinski definition) is 1. The third-order valence-electron chi connectivity index (χ3n) is 3.73. The van der Waals surface area contributed by atoms with Crippen molar-refractivity contribution < 1.29 is 9.90 Å². The molecule has 0 radical (unpaired) electrons. The number of nitrogens with zero attached hydrogens (tertiary/aromatic N) is 1. The van der Waals surface area contributed by atoms with Crippen molar-refractivity contribution >= 4 is 5.97 Å². The molecule has 2 atom stereocenters. The van der Waals surface area contributed by atoms with Gasteiger partial charge in [0.2, 0.25) is 0 Å². The lowest BCUT2D eigenvalue weighted by atomic mass is 9.78. The van der Waals surface area contributed by atoms with E-state index in [2.05, 4.69) is 18.7 Å². The minimum Gasteiger partial charge on any atom is -0.481 e. The van der Waals surface area contributed by atoms with Gasteiger partial charge in [0.1, 0.15) is 0 Å². The molecule has 1 N–H and O–H groups in total. The zero-order valence-electron chi connectivity index (χ0n) is 8.99. The monoisotopic (exact) mass is 197 g/mol. The Morgan fingerprint density at radius 2 is 2.14 bits per heavy atom. The molecule has 2 fully saturated rings. The minimum absolute atomic E-state index is 0.0936. The van der Waals surface area contributed by atoms with Crippen molar-refractivity contribution in [1.82, 2.24) is 4.90 Å². The number of carboxylic acid groups (broad SMARTS) is 1. The number of carboxylic acids is 1. The molecule has 14 heavy (non-hydrogen) atoms. The predicted molar refractivity (Wildman–Crippen MR) is 54.1 cm³/mol. The minimum atomic E-state index is -0.606. The zero-order chi connectivity index (χ0) is 10.3. The molecule has 0 aromatic rings. The lowest BCUT2D eigenvalue weighted by molar-refractivity contribution is -0.148. The molecular formula is C11H19NO2. The molecule has 2 rings (SSSR count). The van der Waals surface area contributed by atoms with E-state index in [9.17, 15) is 4.79 Å². The van der Waals surface area contributed by atoms with E-state index in [1.54, 1.807) is 0 Å². The second kappa shape index (κ2) is 3.23. The van der Waals surface area contributed by atoms with Gasteiger partial charge in [-0.1, -0.05) is 13.8 Å². The molecule has 1 heterocycles. The van der Waals surface area contributed by atoms with Crippen LogP contribution in [0.25, 0.3) is 0 Å². The van der Waals surface area contributed by atoms with Crippen molar-refractivity contribution in [1.29, 1.82) is 0 Å². The summed E-state index contributed by atoms with van der Waals surface area (Å²) < 4.78 is 0. The molecule has 2 aliphatic rings. The zero-order valence-corrected chi connectivity index (χ0v) is 8.99. The average molecular weight is 197 g/mol. The number of rotatable bonds is 2. The third kappa shape index (κ3) is 1.65. The van der Waals surface area contributed by atoms with Crippen LogP contribution in [0.2, 0.25) is 0 Å². The summed E-state index contributed by atoms with van der Waals surface area (Å²) in [5.74, 6) is -0.699. The SMILES string of the molecule is CC1(C)CCN(C2CCC2C(=O)O)C1. The molecule has 1 aliphatic carbocycles. The second-order valence-corrected chi connectivity index (χ2v) is 5.47. The highest BCUT2D eigenvalue weighted by Gasteiger charge is 2.44. The van der Waals surface area contributed by atoms with Crippen LogP contribution < -0.4 is 0 Å². The van der Waals surface area contributed by atoms with Gasteiger partial charge in [-0.05, 0) is 31.2 Å². The lowest BCUT2D eigenvalue weighted by Crippen LogP contribution is -2.49. The van der Waals surface area contributed by atoms with Gasteiger partial charge in [0, 0.05) is 12.6 Å². The Labute approximate surface area is 85.1 Å². The van der Waals surface area contributed by atoms with Crippen LogP contribution in [0.15, 0.2) is 0 Å². The van der Waals surface area contributed by atoms with E-state index in [0.717, 1.165) is 25.9 Å². The van der Waals surface area contributed by atoms with Gasteiger partial charge in [0.25, 0.3) is 0 Å². The standard InChI is InChI=1S/C11H19NO2/c1-11(2)5-6-12(7-11)9-4-3-8(9)10(13)14/h8-9H,3-7H2,1-2H3,(H,13,14). The maximum absolute atomic E-state index is 10.9. The largest absolute Gasteiger partial charge is 0.481 e. The van der Waals surface area contributed by atoms with Crippen LogP contribution in [-0.2, 0) is 4.79 Å². The summed E-state index contributed by atoms with van der Waals surface area (Å²) in [6.07, 6.45) is 3.15. The summed E-state index contributed by atoms with van der Waals surface area (Å²) in [4.78, 5) is 13.3. The molecule has 1 saturated heterocycles. The first kappa shape index (κ1) is 9.97. The van der Waals surface area contributed by atoms with E-state index in [1.807, 2.05) is 0 Å². The topological polar surface area (TPSA) is 40.5 Å². The van der Waals surface area contributed by atoms with E-state index in [-0.39, 0.29) is 5.92 Å². The van der Waals surface area contributed by atoms with Crippen molar-refractivity contribution in [3.63, 3.8) is 0 Å². The normalized spacial score (nSPS) is 36.7. The predicted octanol–water partition coefficient (Wildman–Crippen LogP) is 1.58. The van der Waals surface area contributed by atoms with Gasteiger partial charge in [-0.25, -0.2) is 0 Å². The molecule has 1 saturated carbocycles. The Morgan fingerprint density at radius 3 is 2.50 bits per heavy atom. The van der Waals surface area contributed by atoms with Crippen LogP contribution in [0.4, 0.5) is 0 Å².